The lowest BCUT2D eigenvalue weighted by Crippen LogP contribution is -2.48. The largest absolute Gasteiger partial charge is 0.494 e. The molecule has 2 aliphatic heterocycles. The Bertz CT molecular complexity index is 1140. The van der Waals surface area contributed by atoms with Gasteiger partial charge in [0.05, 0.1) is 22.9 Å². The van der Waals surface area contributed by atoms with Crippen LogP contribution in [-0.2, 0) is 4.74 Å². The number of thiazole rings is 1. The van der Waals surface area contributed by atoms with Gasteiger partial charge < -0.3 is 24.4 Å². The van der Waals surface area contributed by atoms with Crippen LogP contribution in [0.3, 0.4) is 0 Å². The number of benzene rings is 2. The van der Waals surface area contributed by atoms with Crippen LogP contribution in [-0.4, -0.2) is 96.5 Å². The zero-order valence-corrected chi connectivity index (χ0v) is 22.2. The third-order valence-corrected chi connectivity index (χ3v) is 8.30. The molecule has 3 heterocycles. The van der Waals surface area contributed by atoms with Gasteiger partial charge in [-0.3, -0.25) is 4.90 Å². The van der Waals surface area contributed by atoms with Gasteiger partial charge in [-0.05, 0) is 56.1 Å². The highest BCUT2D eigenvalue weighted by Crippen LogP contribution is 2.36. The van der Waals surface area contributed by atoms with E-state index >= 15 is 0 Å². The molecule has 1 atom stereocenters. The fourth-order valence-electron chi connectivity index (χ4n) is 5.00. The van der Waals surface area contributed by atoms with Crippen LogP contribution in [0.5, 0.6) is 5.75 Å². The zero-order valence-electron chi connectivity index (χ0n) is 21.4. The van der Waals surface area contributed by atoms with Gasteiger partial charge in [-0.2, -0.15) is 0 Å². The van der Waals surface area contributed by atoms with E-state index in [9.17, 15) is 4.79 Å². The number of rotatable bonds is 9. The van der Waals surface area contributed by atoms with Crippen molar-refractivity contribution in [3.8, 4) is 5.75 Å². The molecular weight excluding hydrogens is 488 g/mol. The van der Waals surface area contributed by atoms with E-state index in [1.165, 1.54) is 9.60 Å². The van der Waals surface area contributed by atoms with Gasteiger partial charge in [-0.15, -0.1) is 11.3 Å². The SMILES string of the molecule is CN1CCC(OC(c2cccc(OCCCN3CCN(C(=O)O)CC3)c2)c2nc3ccccc3s2)CC1. The second-order valence-corrected chi connectivity index (χ2v) is 11.0. The Kier molecular flexibility index (Phi) is 8.55. The maximum atomic E-state index is 11.1. The van der Waals surface area contributed by atoms with Crippen LogP contribution in [0.25, 0.3) is 10.2 Å². The molecule has 1 amide bonds. The van der Waals surface area contributed by atoms with Crippen LogP contribution >= 0.6 is 11.3 Å². The molecule has 0 radical (unpaired) electrons. The number of ether oxygens (including phenoxy) is 2. The minimum atomic E-state index is -0.827. The molecule has 0 spiro atoms. The molecule has 2 fully saturated rings. The lowest BCUT2D eigenvalue weighted by Gasteiger charge is -2.33. The summed E-state index contributed by atoms with van der Waals surface area (Å²) in [5, 5.41) is 10.1. The molecule has 198 valence electrons. The van der Waals surface area contributed by atoms with E-state index in [2.05, 4.69) is 47.2 Å². The topological polar surface area (TPSA) is 78.4 Å². The summed E-state index contributed by atoms with van der Waals surface area (Å²) in [6.07, 6.45) is 2.10. The second kappa shape index (κ2) is 12.2. The first-order chi connectivity index (χ1) is 18.0. The van der Waals surface area contributed by atoms with Crippen molar-refractivity contribution in [2.75, 3.05) is 59.5 Å². The van der Waals surface area contributed by atoms with Crippen molar-refractivity contribution in [2.45, 2.75) is 31.5 Å². The van der Waals surface area contributed by atoms with Crippen molar-refractivity contribution in [3.05, 3.63) is 59.1 Å². The molecule has 0 saturated carbocycles. The van der Waals surface area contributed by atoms with Gasteiger partial charge in [0.1, 0.15) is 16.9 Å². The van der Waals surface area contributed by atoms with Crippen molar-refractivity contribution in [3.63, 3.8) is 0 Å². The van der Waals surface area contributed by atoms with Gasteiger partial charge in [-0.25, -0.2) is 9.78 Å². The van der Waals surface area contributed by atoms with Crippen molar-refractivity contribution < 1.29 is 19.4 Å². The minimum Gasteiger partial charge on any atom is -0.494 e. The summed E-state index contributed by atoms with van der Waals surface area (Å²) >= 11 is 1.70. The van der Waals surface area contributed by atoms with E-state index in [4.69, 9.17) is 19.6 Å². The maximum absolute atomic E-state index is 11.1. The first-order valence-electron chi connectivity index (χ1n) is 13.2. The molecule has 1 unspecified atom stereocenters. The summed E-state index contributed by atoms with van der Waals surface area (Å²) < 4.78 is 14.0. The highest BCUT2D eigenvalue weighted by atomic mass is 32.1. The fraction of sp³-hybridized carbons (Fsp3) is 0.500. The lowest BCUT2D eigenvalue weighted by atomic mass is 10.1. The first kappa shape index (κ1) is 25.9. The van der Waals surface area contributed by atoms with E-state index in [-0.39, 0.29) is 12.2 Å². The molecule has 0 aliphatic carbocycles. The number of amides is 1. The van der Waals surface area contributed by atoms with Crippen molar-refractivity contribution in [2.24, 2.45) is 0 Å². The van der Waals surface area contributed by atoms with Crippen LogP contribution in [0.4, 0.5) is 4.79 Å². The van der Waals surface area contributed by atoms with E-state index in [0.29, 0.717) is 19.7 Å². The van der Waals surface area contributed by atoms with Crippen LogP contribution in [0.2, 0.25) is 0 Å². The monoisotopic (exact) mass is 524 g/mol. The lowest BCUT2D eigenvalue weighted by molar-refractivity contribution is -0.0235. The Hall–Kier alpha value is -2.72. The molecule has 8 nitrogen and oxygen atoms in total. The van der Waals surface area contributed by atoms with Gasteiger partial charge in [0, 0.05) is 45.8 Å². The summed E-state index contributed by atoms with van der Waals surface area (Å²) in [6, 6.07) is 16.5. The van der Waals surface area contributed by atoms with Gasteiger partial charge in [0.15, 0.2) is 0 Å². The normalized spacial score (nSPS) is 18.8. The standard InChI is InChI=1S/C28H36N4O4S/c1-30-13-10-22(11-14-30)36-26(27-29-24-8-2-3-9-25(24)37-27)21-6-4-7-23(20-21)35-19-5-12-31-15-17-32(18-16-31)28(33)34/h2-4,6-9,20,22,26H,5,10-19H2,1H3,(H,33,34). The number of para-hydroxylation sites is 1. The first-order valence-corrected chi connectivity index (χ1v) is 14.0. The number of piperazine rings is 1. The summed E-state index contributed by atoms with van der Waals surface area (Å²) in [6.45, 7) is 6.31. The molecule has 1 N–H and O–H groups in total. The predicted molar refractivity (Wildman–Crippen MR) is 146 cm³/mol. The third-order valence-electron chi connectivity index (χ3n) is 7.22. The summed E-state index contributed by atoms with van der Waals surface area (Å²) in [5.41, 5.74) is 2.08. The second-order valence-electron chi connectivity index (χ2n) is 9.92. The number of fused-ring (bicyclic) bond motifs is 1. The number of hydrogen-bond donors (Lipinski definition) is 1. The number of piperidine rings is 1. The van der Waals surface area contributed by atoms with Crippen LogP contribution in [0.1, 0.15) is 35.9 Å². The molecule has 0 bridgehead atoms. The summed E-state index contributed by atoms with van der Waals surface area (Å²) in [7, 11) is 2.16. The van der Waals surface area contributed by atoms with Gasteiger partial charge >= 0.3 is 6.09 Å². The number of carbonyl (C=O) groups is 1. The molecule has 2 saturated heterocycles. The zero-order chi connectivity index (χ0) is 25.6. The molecule has 37 heavy (non-hydrogen) atoms. The quantitative estimate of drug-likeness (QED) is 0.411. The highest BCUT2D eigenvalue weighted by Gasteiger charge is 2.26. The molecule has 2 aromatic carbocycles. The van der Waals surface area contributed by atoms with Crippen molar-refractivity contribution in [1.29, 1.82) is 0 Å². The number of aromatic nitrogens is 1. The van der Waals surface area contributed by atoms with Crippen molar-refractivity contribution in [1.82, 2.24) is 19.7 Å². The third kappa shape index (κ3) is 6.78. The maximum Gasteiger partial charge on any atom is 0.407 e. The summed E-state index contributed by atoms with van der Waals surface area (Å²) in [4.78, 5) is 22.2. The number of carboxylic acid groups (broad SMARTS) is 1. The Morgan fingerprint density at radius 1 is 1.08 bits per heavy atom. The molecule has 3 aromatic rings. The molecule has 2 aliphatic rings. The smallest absolute Gasteiger partial charge is 0.407 e. The molecule has 9 heteroatoms. The van der Waals surface area contributed by atoms with Gasteiger partial charge in [0.2, 0.25) is 0 Å². The number of hydrogen-bond acceptors (Lipinski definition) is 7. The fourth-order valence-corrected chi connectivity index (χ4v) is 6.04. The van der Waals surface area contributed by atoms with Crippen LogP contribution in [0, 0.1) is 0 Å². The number of likely N-dealkylation sites (tertiary alicyclic amines) is 1. The van der Waals surface area contributed by atoms with E-state index in [1.807, 2.05) is 18.2 Å². The summed E-state index contributed by atoms with van der Waals surface area (Å²) in [5.74, 6) is 0.839. The number of nitrogens with zero attached hydrogens (tertiary/aromatic N) is 4. The molecular formula is C28H36N4O4S. The van der Waals surface area contributed by atoms with Gasteiger partial charge in [0.25, 0.3) is 0 Å². The van der Waals surface area contributed by atoms with Gasteiger partial charge in [-0.1, -0.05) is 24.3 Å². The van der Waals surface area contributed by atoms with Crippen LogP contribution < -0.4 is 4.74 Å². The Morgan fingerprint density at radius 2 is 1.86 bits per heavy atom. The highest BCUT2D eigenvalue weighted by molar-refractivity contribution is 7.18. The Morgan fingerprint density at radius 3 is 2.62 bits per heavy atom. The van der Waals surface area contributed by atoms with E-state index in [0.717, 1.165) is 73.8 Å². The Balaban J connectivity index is 1.22. The predicted octanol–water partition coefficient (Wildman–Crippen LogP) is 4.56. The molecule has 5 rings (SSSR count). The minimum absolute atomic E-state index is 0.208. The van der Waals surface area contributed by atoms with Crippen LogP contribution in [0.15, 0.2) is 48.5 Å². The van der Waals surface area contributed by atoms with E-state index in [1.54, 1.807) is 11.3 Å². The average molecular weight is 525 g/mol. The van der Waals surface area contributed by atoms with Crippen molar-refractivity contribution >= 4 is 27.6 Å². The molecule has 1 aromatic heterocycles. The van der Waals surface area contributed by atoms with E-state index < -0.39 is 6.09 Å². The Labute approximate surface area is 222 Å². The average Bonchev–Trinajstić information content (AvgIpc) is 3.35.